The predicted molar refractivity (Wildman–Crippen MR) is 109 cm³/mol. The van der Waals surface area contributed by atoms with E-state index in [1.807, 2.05) is 36.5 Å². The lowest BCUT2D eigenvalue weighted by Gasteiger charge is -2.61. The van der Waals surface area contributed by atoms with Gasteiger partial charge in [-0.05, 0) is 44.4 Å². The number of hydrogen-bond donors (Lipinski definition) is 2. The quantitative estimate of drug-likeness (QED) is 0.698. The largest absolute Gasteiger partial charge is 0.384 e. The zero-order chi connectivity index (χ0) is 18.8. The third-order valence-electron chi connectivity index (χ3n) is 7.69. The molecule has 4 atom stereocenters. The van der Waals surface area contributed by atoms with E-state index in [4.69, 9.17) is 0 Å². The minimum Gasteiger partial charge on any atom is -0.384 e. The molecule has 0 heterocycles. The van der Waals surface area contributed by atoms with Gasteiger partial charge in [-0.2, -0.15) is 0 Å². The fourth-order valence-corrected chi connectivity index (χ4v) is 5.97. The molecule has 1 saturated carbocycles. The maximum atomic E-state index is 12.1. The van der Waals surface area contributed by atoms with Gasteiger partial charge in [0.05, 0.1) is 11.2 Å². The second kappa shape index (κ2) is 7.48. The van der Waals surface area contributed by atoms with Gasteiger partial charge in [0.25, 0.3) is 0 Å². The van der Waals surface area contributed by atoms with Gasteiger partial charge in [-0.3, -0.25) is 0 Å². The fourth-order valence-electron chi connectivity index (χ4n) is 5.97. The molecule has 26 heavy (non-hydrogen) atoms. The Morgan fingerprint density at radius 2 is 1.19 bits per heavy atom. The normalized spacial score (nSPS) is 45.2. The third kappa shape index (κ3) is 2.77. The van der Waals surface area contributed by atoms with Crippen molar-refractivity contribution in [2.75, 3.05) is 0 Å². The van der Waals surface area contributed by atoms with Crippen molar-refractivity contribution in [1.82, 2.24) is 0 Å². The van der Waals surface area contributed by atoms with E-state index in [0.29, 0.717) is 5.92 Å². The molecule has 0 aromatic heterocycles. The SMILES string of the molecule is CCC1CCC(C2(O)C=CC=CC2CC)(C2(O)C=CC=CC2CC)CC1. The van der Waals surface area contributed by atoms with Gasteiger partial charge >= 0.3 is 0 Å². The highest BCUT2D eigenvalue weighted by Gasteiger charge is 2.64. The molecule has 0 amide bonds. The number of rotatable bonds is 5. The van der Waals surface area contributed by atoms with Gasteiger partial charge in [-0.25, -0.2) is 0 Å². The van der Waals surface area contributed by atoms with Crippen LogP contribution in [0.4, 0.5) is 0 Å². The lowest BCUT2D eigenvalue weighted by Crippen LogP contribution is -2.67. The highest BCUT2D eigenvalue weighted by Crippen LogP contribution is 2.61. The Morgan fingerprint density at radius 3 is 1.58 bits per heavy atom. The number of allylic oxidation sites excluding steroid dienone is 4. The Bertz CT molecular complexity index is 562. The van der Waals surface area contributed by atoms with Crippen molar-refractivity contribution in [3.05, 3.63) is 48.6 Å². The molecule has 4 unspecified atom stereocenters. The van der Waals surface area contributed by atoms with Gasteiger partial charge in [-0.15, -0.1) is 0 Å². The fraction of sp³-hybridized carbons (Fsp3) is 0.667. The summed E-state index contributed by atoms with van der Waals surface area (Å²) in [5.74, 6) is 0.805. The molecule has 0 spiro atoms. The average Bonchev–Trinajstić information content (AvgIpc) is 2.68. The highest BCUT2D eigenvalue weighted by molar-refractivity contribution is 5.35. The van der Waals surface area contributed by atoms with E-state index in [2.05, 4.69) is 32.9 Å². The Balaban J connectivity index is 2.12. The molecule has 2 nitrogen and oxygen atoms in total. The van der Waals surface area contributed by atoms with E-state index in [1.165, 1.54) is 6.42 Å². The van der Waals surface area contributed by atoms with Crippen molar-refractivity contribution in [3.63, 3.8) is 0 Å². The highest BCUT2D eigenvalue weighted by atomic mass is 16.3. The third-order valence-corrected chi connectivity index (χ3v) is 7.69. The van der Waals surface area contributed by atoms with E-state index >= 15 is 0 Å². The van der Waals surface area contributed by atoms with Crippen LogP contribution >= 0.6 is 0 Å². The summed E-state index contributed by atoms with van der Waals surface area (Å²) in [6.45, 7) is 6.54. The van der Waals surface area contributed by atoms with Crippen LogP contribution in [0.1, 0.15) is 65.7 Å². The van der Waals surface area contributed by atoms with Crippen molar-refractivity contribution in [2.45, 2.75) is 76.9 Å². The van der Waals surface area contributed by atoms with Gasteiger partial charge < -0.3 is 10.2 Å². The second-order valence-corrected chi connectivity index (χ2v) is 8.60. The molecular formula is C24H36O2. The minimum atomic E-state index is -1.01. The van der Waals surface area contributed by atoms with Gasteiger partial charge in [0, 0.05) is 17.3 Å². The smallest absolute Gasteiger partial charge is 0.0979 e. The van der Waals surface area contributed by atoms with Crippen molar-refractivity contribution >= 4 is 0 Å². The molecule has 0 aliphatic heterocycles. The monoisotopic (exact) mass is 356 g/mol. The van der Waals surface area contributed by atoms with Crippen LogP contribution in [0.3, 0.4) is 0 Å². The Labute approximate surface area is 159 Å². The maximum Gasteiger partial charge on any atom is 0.0979 e. The molecular weight excluding hydrogens is 320 g/mol. The van der Waals surface area contributed by atoms with Crippen LogP contribution < -0.4 is 0 Å². The van der Waals surface area contributed by atoms with Gasteiger partial charge in [0.1, 0.15) is 0 Å². The summed E-state index contributed by atoms with van der Waals surface area (Å²) in [6.07, 6.45) is 23.2. The van der Waals surface area contributed by atoms with Crippen LogP contribution in [0.5, 0.6) is 0 Å². The van der Waals surface area contributed by atoms with E-state index in [1.54, 1.807) is 0 Å². The van der Waals surface area contributed by atoms with Crippen LogP contribution in [-0.2, 0) is 0 Å². The first-order valence-electron chi connectivity index (χ1n) is 10.6. The summed E-state index contributed by atoms with van der Waals surface area (Å²) in [5, 5.41) is 24.3. The summed E-state index contributed by atoms with van der Waals surface area (Å²) in [4.78, 5) is 0. The van der Waals surface area contributed by atoms with E-state index < -0.39 is 16.6 Å². The predicted octanol–water partition coefficient (Wildman–Crippen LogP) is 5.34. The van der Waals surface area contributed by atoms with Crippen molar-refractivity contribution in [2.24, 2.45) is 23.2 Å². The first-order valence-corrected chi connectivity index (χ1v) is 10.6. The van der Waals surface area contributed by atoms with Gasteiger partial charge in [-0.1, -0.05) is 75.8 Å². The van der Waals surface area contributed by atoms with Crippen molar-refractivity contribution in [1.29, 1.82) is 0 Å². The first-order chi connectivity index (χ1) is 12.5. The number of aliphatic hydroxyl groups is 2. The summed E-state index contributed by atoms with van der Waals surface area (Å²) in [5.41, 5.74) is -2.56. The van der Waals surface area contributed by atoms with Crippen LogP contribution in [0, 0.1) is 23.2 Å². The van der Waals surface area contributed by atoms with Crippen molar-refractivity contribution in [3.8, 4) is 0 Å². The average molecular weight is 357 g/mol. The standard InChI is InChI=1S/C24H36O2/c1-4-19-13-17-22(18-14-19,23(25)15-9-7-11-20(23)5-2)24(26)16-10-8-12-21(24)6-3/h7-12,15-16,19-21,25-26H,4-6,13-14,17-18H2,1-3H3. The van der Waals surface area contributed by atoms with Gasteiger partial charge in [0.2, 0.25) is 0 Å². The Hall–Kier alpha value is -1.12. The topological polar surface area (TPSA) is 40.5 Å². The zero-order valence-electron chi connectivity index (χ0n) is 16.7. The van der Waals surface area contributed by atoms with Crippen molar-refractivity contribution < 1.29 is 10.2 Å². The summed E-state index contributed by atoms with van der Waals surface area (Å²) in [7, 11) is 0. The van der Waals surface area contributed by atoms with Crippen LogP contribution in [0.15, 0.2) is 48.6 Å². The minimum absolute atomic E-state index is 0.0477. The van der Waals surface area contributed by atoms with Gasteiger partial charge in [0.15, 0.2) is 0 Å². The summed E-state index contributed by atoms with van der Waals surface area (Å²) < 4.78 is 0. The molecule has 3 rings (SSSR count). The molecule has 2 heteroatoms. The zero-order valence-corrected chi connectivity index (χ0v) is 16.7. The Kier molecular flexibility index (Phi) is 5.65. The van der Waals surface area contributed by atoms with E-state index in [-0.39, 0.29) is 11.8 Å². The molecule has 0 saturated heterocycles. The maximum absolute atomic E-state index is 12.1. The van der Waals surface area contributed by atoms with E-state index in [9.17, 15) is 10.2 Å². The van der Waals surface area contributed by atoms with E-state index in [0.717, 1.165) is 38.5 Å². The molecule has 1 fully saturated rings. The van der Waals surface area contributed by atoms with Crippen LogP contribution in [0.25, 0.3) is 0 Å². The molecule has 3 aliphatic carbocycles. The van der Waals surface area contributed by atoms with Crippen LogP contribution in [0.2, 0.25) is 0 Å². The Morgan fingerprint density at radius 1 is 0.731 bits per heavy atom. The molecule has 3 aliphatic rings. The lowest BCUT2D eigenvalue weighted by atomic mass is 9.47. The number of hydrogen-bond acceptors (Lipinski definition) is 2. The molecule has 0 aromatic rings. The first kappa shape index (κ1) is 19.6. The molecule has 0 bridgehead atoms. The second-order valence-electron chi connectivity index (χ2n) is 8.60. The molecule has 144 valence electrons. The lowest BCUT2D eigenvalue weighted by molar-refractivity contribution is -0.205. The summed E-state index contributed by atoms with van der Waals surface area (Å²) in [6, 6.07) is 0. The van der Waals surface area contributed by atoms with Crippen LogP contribution in [-0.4, -0.2) is 21.4 Å². The molecule has 2 N–H and O–H groups in total. The molecule has 0 aromatic carbocycles. The molecule has 0 radical (unpaired) electrons. The summed E-state index contributed by atoms with van der Waals surface area (Å²) >= 11 is 0.